The molecule has 0 aliphatic rings. The van der Waals surface area contributed by atoms with Gasteiger partial charge in [-0.05, 0) is 6.92 Å². The van der Waals surface area contributed by atoms with Crippen LogP contribution in [-0.2, 0) is 4.79 Å². The molecule has 0 aromatic heterocycles. The minimum Gasteiger partial charge on any atom is -0.300 e. The van der Waals surface area contributed by atoms with Crippen molar-refractivity contribution in [3.05, 3.63) is 0 Å². The van der Waals surface area contributed by atoms with Gasteiger partial charge in [0, 0.05) is 6.42 Å². The third-order valence-corrected chi connectivity index (χ3v) is 0.498. The van der Waals surface area contributed by atoms with Gasteiger partial charge < -0.3 is 4.79 Å². The summed E-state index contributed by atoms with van der Waals surface area (Å²) < 4.78 is 0. The highest BCUT2D eigenvalue weighted by atomic mass is 16.1. The maximum Gasteiger partial charge on any atom is 0.129 e. The maximum atomic E-state index is 9.81. The second kappa shape index (κ2) is 9.18. The zero-order valence-electron chi connectivity index (χ0n) is 5.62. The topological polar surface area (TPSA) is 17.1 Å². The molecule has 0 saturated heterocycles. The number of ketones is 1. The Kier molecular flexibility index (Phi) is 12.9. The van der Waals surface area contributed by atoms with Crippen molar-refractivity contribution in [1.29, 1.82) is 0 Å². The van der Waals surface area contributed by atoms with E-state index in [1.807, 2.05) is 20.8 Å². The third-order valence-electron chi connectivity index (χ3n) is 0.498. The van der Waals surface area contributed by atoms with E-state index >= 15 is 0 Å². The van der Waals surface area contributed by atoms with Gasteiger partial charge in [-0.3, -0.25) is 0 Å². The van der Waals surface area contributed by atoms with Crippen LogP contribution in [0.15, 0.2) is 0 Å². The van der Waals surface area contributed by atoms with Crippen molar-refractivity contribution >= 4 is 5.78 Å². The predicted molar refractivity (Wildman–Crippen MR) is 32.3 cm³/mol. The molecule has 0 aromatic rings. The van der Waals surface area contributed by atoms with Crippen molar-refractivity contribution in [3.63, 3.8) is 0 Å². The lowest BCUT2D eigenvalue weighted by atomic mass is 10.4. The fourth-order valence-electron chi connectivity index (χ4n) is 0. The van der Waals surface area contributed by atoms with E-state index in [2.05, 4.69) is 0 Å². The molecular formula is C6H14O. The van der Waals surface area contributed by atoms with Gasteiger partial charge in [-0.25, -0.2) is 0 Å². The molecule has 0 radical (unpaired) electrons. The van der Waals surface area contributed by atoms with Gasteiger partial charge in [0.05, 0.1) is 0 Å². The molecule has 0 aliphatic carbocycles. The molecule has 0 aromatic carbocycles. The van der Waals surface area contributed by atoms with Crippen molar-refractivity contribution in [3.8, 4) is 0 Å². The summed E-state index contributed by atoms with van der Waals surface area (Å²) in [7, 11) is 0. The normalized spacial score (nSPS) is 6.29. The Hall–Kier alpha value is -0.330. The molecule has 0 N–H and O–H groups in total. The van der Waals surface area contributed by atoms with Gasteiger partial charge in [0.25, 0.3) is 0 Å². The smallest absolute Gasteiger partial charge is 0.129 e. The van der Waals surface area contributed by atoms with Crippen LogP contribution in [0.25, 0.3) is 0 Å². The highest BCUT2D eigenvalue weighted by Gasteiger charge is 1.76. The van der Waals surface area contributed by atoms with Crippen LogP contribution in [0.2, 0.25) is 0 Å². The molecule has 0 spiro atoms. The van der Waals surface area contributed by atoms with E-state index in [1.54, 1.807) is 6.92 Å². The molecule has 1 heteroatoms. The van der Waals surface area contributed by atoms with Crippen LogP contribution in [0.5, 0.6) is 0 Å². The van der Waals surface area contributed by atoms with Crippen LogP contribution in [0.3, 0.4) is 0 Å². The summed E-state index contributed by atoms with van der Waals surface area (Å²) in [6.45, 7) is 7.43. The summed E-state index contributed by atoms with van der Waals surface area (Å²) in [4.78, 5) is 9.81. The highest BCUT2D eigenvalue weighted by molar-refractivity contribution is 5.74. The number of rotatable bonds is 1. The van der Waals surface area contributed by atoms with Crippen molar-refractivity contribution in [1.82, 2.24) is 0 Å². The van der Waals surface area contributed by atoms with Crippen LogP contribution in [0.1, 0.15) is 34.1 Å². The van der Waals surface area contributed by atoms with Gasteiger partial charge in [0.15, 0.2) is 0 Å². The summed E-state index contributed by atoms with van der Waals surface area (Å²) in [5, 5.41) is 0. The molecule has 0 fully saturated rings. The fourth-order valence-corrected chi connectivity index (χ4v) is 0. The molecular weight excluding hydrogens is 88.1 g/mol. The van der Waals surface area contributed by atoms with Gasteiger partial charge in [0.2, 0.25) is 0 Å². The summed E-state index contributed by atoms with van der Waals surface area (Å²) in [6.07, 6.45) is 0.667. The molecule has 44 valence electrons. The van der Waals surface area contributed by atoms with Crippen molar-refractivity contribution in [2.45, 2.75) is 34.1 Å². The summed E-state index contributed by atoms with van der Waals surface area (Å²) in [5.41, 5.74) is 0. The first-order valence-corrected chi connectivity index (χ1v) is 2.76. The number of hydrogen-bond donors (Lipinski definition) is 0. The van der Waals surface area contributed by atoms with Gasteiger partial charge in [-0.15, -0.1) is 0 Å². The first-order valence-electron chi connectivity index (χ1n) is 2.76. The van der Waals surface area contributed by atoms with Crippen LogP contribution in [0, 0.1) is 0 Å². The van der Waals surface area contributed by atoms with E-state index < -0.39 is 0 Å². The SMILES string of the molecule is CC.CCC(C)=O. The quantitative estimate of drug-likeness (QED) is 0.495. The van der Waals surface area contributed by atoms with E-state index in [0.717, 1.165) is 0 Å². The maximum absolute atomic E-state index is 9.81. The van der Waals surface area contributed by atoms with Crippen molar-refractivity contribution in [2.24, 2.45) is 0 Å². The van der Waals surface area contributed by atoms with Crippen molar-refractivity contribution < 1.29 is 4.79 Å². The Morgan fingerprint density at radius 2 is 1.57 bits per heavy atom. The van der Waals surface area contributed by atoms with Crippen LogP contribution < -0.4 is 0 Å². The molecule has 0 bridgehead atoms. The van der Waals surface area contributed by atoms with Gasteiger partial charge in [-0.2, -0.15) is 0 Å². The standard InChI is InChI=1S/C4H8O.C2H6/c1-3-4(2)5;1-2/h3H2,1-2H3;1-2H3. The lowest BCUT2D eigenvalue weighted by Gasteiger charge is -1.71. The lowest BCUT2D eigenvalue weighted by Crippen LogP contribution is -1.80. The second-order valence-electron chi connectivity index (χ2n) is 1.06. The highest BCUT2D eigenvalue weighted by Crippen LogP contribution is 1.71. The van der Waals surface area contributed by atoms with E-state index in [9.17, 15) is 4.79 Å². The summed E-state index contributed by atoms with van der Waals surface area (Å²) in [6, 6.07) is 0. The second-order valence-corrected chi connectivity index (χ2v) is 1.06. The van der Waals surface area contributed by atoms with Crippen LogP contribution in [-0.4, -0.2) is 5.78 Å². The minimum atomic E-state index is 0.255. The number of carbonyl (C=O) groups is 1. The molecule has 0 amide bonds. The minimum absolute atomic E-state index is 0.255. The van der Waals surface area contributed by atoms with Gasteiger partial charge in [0.1, 0.15) is 5.78 Å². The molecule has 0 aliphatic heterocycles. The number of hydrogen-bond acceptors (Lipinski definition) is 1. The summed E-state index contributed by atoms with van der Waals surface area (Å²) in [5.74, 6) is 0.255. The average Bonchev–Trinajstić information content (AvgIpc) is 1.73. The Morgan fingerprint density at radius 1 is 1.43 bits per heavy atom. The van der Waals surface area contributed by atoms with Crippen LogP contribution in [0.4, 0.5) is 0 Å². The number of carbonyl (C=O) groups excluding carboxylic acids is 1. The van der Waals surface area contributed by atoms with E-state index in [0.29, 0.717) is 6.42 Å². The van der Waals surface area contributed by atoms with E-state index in [1.165, 1.54) is 0 Å². The van der Waals surface area contributed by atoms with Crippen LogP contribution >= 0.6 is 0 Å². The molecule has 1 nitrogen and oxygen atoms in total. The molecule has 0 unspecified atom stereocenters. The van der Waals surface area contributed by atoms with Gasteiger partial charge in [-0.1, -0.05) is 20.8 Å². The molecule has 7 heavy (non-hydrogen) atoms. The van der Waals surface area contributed by atoms with E-state index in [-0.39, 0.29) is 5.78 Å². The fraction of sp³-hybridized carbons (Fsp3) is 0.833. The lowest BCUT2D eigenvalue weighted by molar-refractivity contribution is -0.116. The Balaban J connectivity index is 0. The Bertz CT molecular complexity index is 39.4. The first-order chi connectivity index (χ1) is 3.27. The molecule has 0 heterocycles. The first kappa shape index (κ1) is 9.83. The molecule has 0 saturated carbocycles. The summed E-state index contributed by atoms with van der Waals surface area (Å²) >= 11 is 0. The zero-order valence-corrected chi connectivity index (χ0v) is 5.62. The number of Topliss-reactive ketones (excluding diaryl/α,β-unsaturated/α-hetero) is 1. The average molecular weight is 102 g/mol. The Morgan fingerprint density at radius 3 is 1.57 bits per heavy atom. The Labute approximate surface area is 45.7 Å². The van der Waals surface area contributed by atoms with Crippen molar-refractivity contribution in [2.75, 3.05) is 0 Å². The van der Waals surface area contributed by atoms with E-state index in [4.69, 9.17) is 0 Å². The molecule has 0 atom stereocenters. The largest absolute Gasteiger partial charge is 0.300 e. The third kappa shape index (κ3) is 27.4. The zero-order chi connectivity index (χ0) is 6.28. The molecule has 0 rings (SSSR count). The predicted octanol–water partition coefficient (Wildman–Crippen LogP) is 2.01. The monoisotopic (exact) mass is 102 g/mol. The van der Waals surface area contributed by atoms with Gasteiger partial charge >= 0.3 is 0 Å².